The first kappa shape index (κ1) is 11.3. The van der Waals surface area contributed by atoms with Crippen molar-refractivity contribution in [3.8, 4) is 0 Å². The van der Waals surface area contributed by atoms with E-state index in [0.717, 1.165) is 0 Å². The molecule has 0 saturated heterocycles. The Morgan fingerprint density at radius 3 is 2.25 bits per heavy atom. The normalized spacial score (nSPS) is 15.7. The minimum Gasteiger partial charge on any atom is -0.346 e. The van der Waals surface area contributed by atoms with Gasteiger partial charge < -0.3 is 9.53 Å². The fourth-order valence-electron chi connectivity index (χ4n) is 0.842. The summed E-state index contributed by atoms with van der Waals surface area (Å²) in [7, 11) is 0. The third kappa shape index (κ3) is 4.98. The molecule has 0 aromatic heterocycles. The predicted octanol–water partition coefficient (Wildman–Crippen LogP) is 0.100. The van der Waals surface area contributed by atoms with E-state index in [-0.39, 0.29) is 0 Å². The minimum absolute atomic E-state index is 0.346. The molecule has 0 aliphatic carbocycles. The summed E-state index contributed by atoms with van der Waals surface area (Å²) in [6.45, 7) is 3.93. The fourth-order valence-corrected chi connectivity index (χ4v) is 0.842. The third-order valence-corrected chi connectivity index (χ3v) is 1.32. The summed E-state index contributed by atoms with van der Waals surface area (Å²) in [6, 6.07) is 0. The molecule has 2 N–H and O–H groups in total. The molecule has 0 bridgehead atoms. The molecule has 0 aliphatic rings. The van der Waals surface area contributed by atoms with E-state index in [9.17, 15) is 9.59 Å². The van der Waals surface area contributed by atoms with Gasteiger partial charge in [-0.15, -0.1) is 0 Å². The summed E-state index contributed by atoms with van der Waals surface area (Å²) in [6.07, 6.45) is 0.176. The van der Waals surface area contributed by atoms with Crippen molar-refractivity contribution in [2.24, 2.45) is 11.7 Å². The average Bonchev–Trinajstić information content (AvgIpc) is 2.02. The molecule has 0 spiro atoms. The lowest BCUT2D eigenvalue weighted by Gasteiger charge is -2.15. The topological polar surface area (TPSA) is 69.4 Å². The molecule has 70 valence electrons. The second kappa shape index (κ2) is 5.85. The number of carbonyl (C=O) groups excluding carboxylic acids is 2. The number of rotatable bonds is 6. The Balaban J connectivity index is 3.82. The molecule has 2 atom stereocenters. The molecule has 0 amide bonds. The molecule has 0 fully saturated rings. The van der Waals surface area contributed by atoms with Crippen LogP contribution in [-0.2, 0) is 14.3 Å². The van der Waals surface area contributed by atoms with E-state index in [1.807, 2.05) is 13.8 Å². The van der Waals surface area contributed by atoms with E-state index in [0.29, 0.717) is 24.9 Å². The van der Waals surface area contributed by atoms with Gasteiger partial charge in [0.15, 0.2) is 12.5 Å². The molecule has 0 aliphatic heterocycles. The molecule has 0 unspecified atom stereocenters. The Morgan fingerprint density at radius 1 is 1.33 bits per heavy atom. The molecule has 12 heavy (non-hydrogen) atoms. The minimum atomic E-state index is -0.987. The van der Waals surface area contributed by atoms with E-state index in [4.69, 9.17) is 10.5 Å². The summed E-state index contributed by atoms with van der Waals surface area (Å²) in [5.41, 5.74) is 5.18. The first-order chi connectivity index (χ1) is 5.60. The van der Waals surface area contributed by atoms with Gasteiger partial charge in [-0.3, -0.25) is 10.5 Å². The quantitative estimate of drug-likeness (QED) is 0.457. The van der Waals surface area contributed by atoms with Crippen LogP contribution < -0.4 is 5.73 Å². The van der Waals surface area contributed by atoms with Gasteiger partial charge in [-0.2, -0.15) is 0 Å². The van der Waals surface area contributed by atoms with Gasteiger partial charge >= 0.3 is 0 Å². The molecular formula is C8H15NO3. The summed E-state index contributed by atoms with van der Waals surface area (Å²) >= 11 is 0. The molecular weight excluding hydrogens is 158 g/mol. The second-order valence-corrected chi connectivity index (χ2v) is 3.04. The Morgan fingerprint density at radius 2 is 1.92 bits per heavy atom. The van der Waals surface area contributed by atoms with Crippen molar-refractivity contribution in [1.29, 1.82) is 0 Å². The first-order valence-corrected chi connectivity index (χ1v) is 3.91. The lowest BCUT2D eigenvalue weighted by atomic mass is 10.1. The highest BCUT2D eigenvalue weighted by atomic mass is 16.5. The monoisotopic (exact) mass is 173 g/mol. The maximum absolute atomic E-state index is 10.4. The van der Waals surface area contributed by atoms with Crippen molar-refractivity contribution in [2.45, 2.75) is 32.6 Å². The summed E-state index contributed by atoms with van der Waals surface area (Å²) in [4.78, 5) is 20.5. The molecule has 0 aromatic carbocycles. The van der Waals surface area contributed by atoms with E-state index in [1.165, 1.54) is 0 Å². The van der Waals surface area contributed by atoms with Crippen LogP contribution in [0.3, 0.4) is 0 Å². The number of hydrogen-bond acceptors (Lipinski definition) is 4. The van der Waals surface area contributed by atoms with Crippen molar-refractivity contribution in [1.82, 2.24) is 0 Å². The number of nitrogens with two attached hydrogens (primary N) is 1. The third-order valence-electron chi connectivity index (χ3n) is 1.32. The van der Waals surface area contributed by atoms with Crippen LogP contribution >= 0.6 is 0 Å². The summed E-state index contributed by atoms with van der Waals surface area (Å²) in [5.74, 6) is 0.346. The molecule has 0 saturated carbocycles. The van der Waals surface area contributed by atoms with E-state index < -0.39 is 12.3 Å². The molecule has 0 aromatic rings. The highest BCUT2D eigenvalue weighted by Gasteiger charge is 2.13. The zero-order valence-electron chi connectivity index (χ0n) is 7.40. The Hall–Kier alpha value is -0.740. The SMILES string of the molecule is CC(C)C[C@H](C=O)O[C@@H](N)C=O. The van der Waals surface area contributed by atoms with Crippen molar-refractivity contribution in [3.63, 3.8) is 0 Å². The first-order valence-electron chi connectivity index (χ1n) is 3.91. The predicted molar refractivity (Wildman–Crippen MR) is 44.4 cm³/mol. The Labute approximate surface area is 72.1 Å². The van der Waals surface area contributed by atoms with Gasteiger partial charge in [-0.25, -0.2) is 0 Å². The zero-order valence-corrected chi connectivity index (χ0v) is 7.40. The smallest absolute Gasteiger partial charge is 0.163 e. The Bertz CT molecular complexity index is 147. The van der Waals surface area contributed by atoms with Crippen LogP contribution in [0.5, 0.6) is 0 Å². The van der Waals surface area contributed by atoms with Crippen LogP contribution in [0, 0.1) is 5.92 Å². The van der Waals surface area contributed by atoms with Crippen LogP contribution in [0.4, 0.5) is 0 Å². The summed E-state index contributed by atoms with van der Waals surface area (Å²) in [5, 5.41) is 0. The average molecular weight is 173 g/mol. The van der Waals surface area contributed by atoms with Crippen LogP contribution in [0.1, 0.15) is 20.3 Å². The van der Waals surface area contributed by atoms with E-state index >= 15 is 0 Å². The maximum Gasteiger partial charge on any atom is 0.163 e. The number of aldehydes is 2. The van der Waals surface area contributed by atoms with Crippen LogP contribution in [-0.4, -0.2) is 24.9 Å². The molecule has 4 heteroatoms. The van der Waals surface area contributed by atoms with Gasteiger partial charge in [0.2, 0.25) is 0 Å². The molecule has 4 nitrogen and oxygen atoms in total. The number of carbonyl (C=O) groups is 2. The van der Waals surface area contributed by atoms with Crippen molar-refractivity contribution in [2.75, 3.05) is 0 Å². The fraction of sp³-hybridized carbons (Fsp3) is 0.750. The standard InChI is InChI=1S/C8H15NO3/c1-6(2)3-7(4-10)12-8(9)5-11/h4-8H,3,9H2,1-2H3/t7-,8-/m1/s1. The van der Waals surface area contributed by atoms with Gasteiger partial charge in [0, 0.05) is 0 Å². The van der Waals surface area contributed by atoms with Crippen LogP contribution in [0.2, 0.25) is 0 Å². The number of ether oxygens (including phenoxy) is 1. The van der Waals surface area contributed by atoms with Gasteiger partial charge in [-0.05, 0) is 12.3 Å². The lowest BCUT2D eigenvalue weighted by Crippen LogP contribution is -2.32. The molecule has 0 radical (unpaired) electrons. The van der Waals surface area contributed by atoms with Gasteiger partial charge in [0.05, 0.1) is 0 Å². The van der Waals surface area contributed by atoms with Gasteiger partial charge in [0.25, 0.3) is 0 Å². The number of hydrogen-bond donors (Lipinski definition) is 1. The summed E-state index contributed by atoms with van der Waals surface area (Å²) < 4.78 is 4.90. The van der Waals surface area contributed by atoms with Crippen molar-refractivity contribution in [3.05, 3.63) is 0 Å². The second-order valence-electron chi connectivity index (χ2n) is 3.04. The highest BCUT2D eigenvalue weighted by Crippen LogP contribution is 2.06. The lowest BCUT2D eigenvalue weighted by molar-refractivity contribution is -0.130. The zero-order chi connectivity index (χ0) is 9.56. The Kier molecular flexibility index (Phi) is 5.49. The largest absolute Gasteiger partial charge is 0.346 e. The molecule has 0 heterocycles. The van der Waals surface area contributed by atoms with E-state index in [1.54, 1.807) is 0 Å². The van der Waals surface area contributed by atoms with Crippen molar-refractivity contribution < 1.29 is 14.3 Å². The van der Waals surface area contributed by atoms with Gasteiger partial charge in [0.1, 0.15) is 12.4 Å². The van der Waals surface area contributed by atoms with Crippen molar-refractivity contribution >= 4 is 12.6 Å². The van der Waals surface area contributed by atoms with E-state index in [2.05, 4.69) is 0 Å². The molecule has 0 rings (SSSR count). The maximum atomic E-state index is 10.4. The highest BCUT2D eigenvalue weighted by molar-refractivity contribution is 5.58. The van der Waals surface area contributed by atoms with Gasteiger partial charge in [-0.1, -0.05) is 13.8 Å². The van der Waals surface area contributed by atoms with Crippen LogP contribution in [0.15, 0.2) is 0 Å². The van der Waals surface area contributed by atoms with Crippen LogP contribution in [0.25, 0.3) is 0 Å².